The van der Waals surface area contributed by atoms with E-state index in [4.69, 9.17) is 0 Å². The van der Waals surface area contributed by atoms with E-state index in [1.54, 1.807) is 18.2 Å². The average Bonchev–Trinajstić information content (AvgIpc) is 3.19. The molecule has 0 aliphatic carbocycles. The second kappa shape index (κ2) is 6.36. The highest BCUT2D eigenvalue weighted by molar-refractivity contribution is 5.46. The maximum absolute atomic E-state index is 12.9. The highest BCUT2D eigenvalue weighted by Gasteiger charge is 2.06. The van der Waals surface area contributed by atoms with Gasteiger partial charge in [-0.25, -0.2) is 9.37 Å². The number of hydrogen-bond donors (Lipinski definition) is 2. The summed E-state index contributed by atoms with van der Waals surface area (Å²) in [6.07, 6.45) is 5.90. The second-order valence-electron chi connectivity index (χ2n) is 4.86. The van der Waals surface area contributed by atoms with E-state index in [9.17, 15) is 9.50 Å². The number of H-pyrrole nitrogens is 1. The van der Waals surface area contributed by atoms with Gasteiger partial charge in [0, 0.05) is 18.4 Å². The van der Waals surface area contributed by atoms with Gasteiger partial charge in [0.25, 0.3) is 0 Å². The average molecular weight is 298 g/mol. The van der Waals surface area contributed by atoms with Gasteiger partial charge >= 0.3 is 0 Å². The summed E-state index contributed by atoms with van der Waals surface area (Å²) in [5, 5.41) is 16.3. The van der Waals surface area contributed by atoms with Gasteiger partial charge in [0.1, 0.15) is 18.2 Å². The Morgan fingerprint density at radius 3 is 2.82 bits per heavy atom. The number of hydrogen-bond acceptors (Lipinski definition) is 3. The maximum Gasteiger partial charge on any atom is 0.157 e. The van der Waals surface area contributed by atoms with E-state index in [2.05, 4.69) is 15.2 Å². The van der Waals surface area contributed by atoms with E-state index in [0.717, 1.165) is 11.3 Å². The molecular weight excluding hydrogens is 283 g/mol. The van der Waals surface area contributed by atoms with Crippen molar-refractivity contribution in [3.8, 4) is 0 Å². The van der Waals surface area contributed by atoms with Gasteiger partial charge in [-0.15, -0.1) is 0 Å². The van der Waals surface area contributed by atoms with Gasteiger partial charge in [-0.1, -0.05) is 12.1 Å². The molecule has 0 radical (unpaired) electrons. The van der Waals surface area contributed by atoms with Crippen molar-refractivity contribution >= 4 is 6.08 Å². The SMILES string of the molecule is OC(C=Cc1cccn1Cc1ccc(F)cc1)c1ncn[nH]1. The molecule has 1 aromatic carbocycles. The minimum atomic E-state index is -0.836. The molecule has 2 aromatic heterocycles. The predicted octanol–water partition coefficient (Wildman–Crippen LogP) is 2.54. The van der Waals surface area contributed by atoms with Crippen LogP contribution in [0, 0.1) is 5.82 Å². The number of rotatable bonds is 5. The lowest BCUT2D eigenvalue weighted by Gasteiger charge is -2.07. The van der Waals surface area contributed by atoms with Crippen LogP contribution in [0.2, 0.25) is 0 Å². The van der Waals surface area contributed by atoms with Crippen LogP contribution in [0.4, 0.5) is 4.39 Å². The third-order valence-corrected chi connectivity index (χ3v) is 3.29. The summed E-state index contributed by atoms with van der Waals surface area (Å²) in [7, 11) is 0. The molecule has 6 heteroatoms. The van der Waals surface area contributed by atoms with Crippen LogP contribution in [0.25, 0.3) is 6.08 Å². The lowest BCUT2D eigenvalue weighted by Crippen LogP contribution is -2.01. The van der Waals surface area contributed by atoms with E-state index in [0.29, 0.717) is 12.4 Å². The minimum absolute atomic E-state index is 0.244. The molecule has 5 nitrogen and oxygen atoms in total. The molecule has 1 atom stereocenters. The summed E-state index contributed by atoms with van der Waals surface area (Å²) in [6.45, 7) is 0.630. The molecule has 0 saturated heterocycles. The van der Waals surface area contributed by atoms with Crippen molar-refractivity contribution in [3.63, 3.8) is 0 Å². The van der Waals surface area contributed by atoms with Gasteiger partial charge in [-0.2, -0.15) is 5.10 Å². The fraction of sp³-hybridized carbons (Fsp3) is 0.125. The number of aliphatic hydroxyl groups excluding tert-OH is 1. The Hall–Kier alpha value is -2.73. The highest BCUT2D eigenvalue weighted by atomic mass is 19.1. The first-order valence-electron chi connectivity index (χ1n) is 6.83. The topological polar surface area (TPSA) is 66.7 Å². The molecule has 0 fully saturated rings. The van der Waals surface area contributed by atoms with Crippen molar-refractivity contribution in [1.29, 1.82) is 0 Å². The smallest absolute Gasteiger partial charge is 0.157 e. The van der Waals surface area contributed by atoms with Gasteiger partial charge in [0.2, 0.25) is 0 Å². The normalized spacial score (nSPS) is 12.8. The van der Waals surface area contributed by atoms with Gasteiger partial charge in [0.05, 0.1) is 0 Å². The Bertz CT molecular complexity index is 747. The Morgan fingerprint density at radius 2 is 2.09 bits per heavy atom. The van der Waals surface area contributed by atoms with E-state index < -0.39 is 6.10 Å². The van der Waals surface area contributed by atoms with Crippen molar-refractivity contribution in [2.45, 2.75) is 12.6 Å². The number of aliphatic hydroxyl groups is 1. The molecule has 22 heavy (non-hydrogen) atoms. The Labute approximate surface area is 126 Å². The maximum atomic E-state index is 12.9. The zero-order valence-corrected chi connectivity index (χ0v) is 11.7. The van der Waals surface area contributed by atoms with Crippen LogP contribution in [0.15, 0.2) is 55.0 Å². The molecular formula is C16H15FN4O. The minimum Gasteiger partial charge on any atom is -0.381 e. The lowest BCUT2D eigenvalue weighted by molar-refractivity contribution is 0.219. The summed E-state index contributed by atoms with van der Waals surface area (Å²) in [6, 6.07) is 10.3. The van der Waals surface area contributed by atoms with Gasteiger partial charge < -0.3 is 9.67 Å². The van der Waals surface area contributed by atoms with Gasteiger partial charge in [0.15, 0.2) is 5.82 Å². The predicted molar refractivity (Wildman–Crippen MR) is 80.3 cm³/mol. The van der Waals surface area contributed by atoms with Crippen LogP contribution in [-0.4, -0.2) is 24.9 Å². The number of benzene rings is 1. The molecule has 0 aliphatic heterocycles. The molecule has 2 N–H and O–H groups in total. The molecule has 0 aliphatic rings. The molecule has 0 saturated carbocycles. The summed E-state index contributed by atoms with van der Waals surface area (Å²) < 4.78 is 14.9. The summed E-state index contributed by atoms with van der Waals surface area (Å²) in [5.74, 6) is 0.152. The van der Waals surface area contributed by atoms with E-state index >= 15 is 0 Å². The first kappa shape index (κ1) is 14.2. The highest BCUT2D eigenvalue weighted by Crippen LogP contribution is 2.13. The van der Waals surface area contributed by atoms with Crippen LogP contribution in [0.3, 0.4) is 0 Å². The van der Waals surface area contributed by atoms with Crippen molar-refractivity contribution in [2.75, 3.05) is 0 Å². The first-order chi connectivity index (χ1) is 10.7. The fourth-order valence-electron chi connectivity index (χ4n) is 2.15. The van der Waals surface area contributed by atoms with Crippen molar-refractivity contribution in [2.24, 2.45) is 0 Å². The summed E-state index contributed by atoms with van der Waals surface area (Å²) in [4.78, 5) is 3.90. The summed E-state index contributed by atoms with van der Waals surface area (Å²) >= 11 is 0. The molecule has 3 rings (SSSR count). The quantitative estimate of drug-likeness (QED) is 0.760. The number of aromatic amines is 1. The van der Waals surface area contributed by atoms with E-state index in [1.807, 2.05) is 29.0 Å². The number of halogens is 1. The molecule has 3 aromatic rings. The second-order valence-corrected chi connectivity index (χ2v) is 4.86. The van der Waals surface area contributed by atoms with Crippen molar-refractivity contribution in [1.82, 2.24) is 19.7 Å². The molecule has 0 amide bonds. The fourth-order valence-corrected chi connectivity index (χ4v) is 2.15. The van der Waals surface area contributed by atoms with Crippen LogP contribution in [0.1, 0.15) is 23.2 Å². The number of nitrogens with zero attached hydrogens (tertiary/aromatic N) is 3. The standard InChI is InChI=1S/C16H15FN4O/c17-13-5-3-12(4-6-13)10-21-9-1-2-14(21)7-8-15(22)16-18-11-19-20-16/h1-9,11,15,22H,10H2,(H,18,19,20). The van der Waals surface area contributed by atoms with Crippen LogP contribution >= 0.6 is 0 Å². The lowest BCUT2D eigenvalue weighted by atomic mass is 10.2. The first-order valence-corrected chi connectivity index (χ1v) is 6.83. The van der Waals surface area contributed by atoms with Gasteiger partial charge in [-0.05, 0) is 42.0 Å². The van der Waals surface area contributed by atoms with Crippen molar-refractivity contribution < 1.29 is 9.50 Å². The zero-order chi connectivity index (χ0) is 15.4. The van der Waals surface area contributed by atoms with Crippen LogP contribution in [-0.2, 0) is 6.54 Å². The zero-order valence-electron chi connectivity index (χ0n) is 11.7. The largest absolute Gasteiger partial charge is 0.381 e. The van der Waals surface area contributed by atoms with Crippen LogP contribution in [0.5, 0.6) is 0 Å². The number of nitrogens with one attached hydrogen (secondary N) is 1. The molecule has 2 heterocycles. The number of aromatic nitrogens is 4. The summed E-state index contributed by atoms with van der Waals surface area (Å²) in [5.41, 5.74) is 1.94. The third-order valence-electron chi connectivity index (χ3n) is 3.29. The molecule has 0 bridgehead atoms. The Kier molecular flexibility index (Phi) is 4.11. The Morgan fingerprint density at radius 1 is 1.27 bits per heavy atom. The Balaban J connectivity index is 1.73. The van der Waals surface area contributed by atoms with E-state index in [1.165, 1.54) is 18.5 Å². The van der Waals surface area contributed by atoms with Gasteiger partial charge in [-0.3, -0.25) is 5.10 Å². The molecule has 1 unspecified atom stereocenters. The third kappa shape index (κ3) is 3.29. The monoisotopic (exact) mass is 298 g/mol. The van der Waals surface area contributed by atoms with E-state index in [-0.39, 0.29) is 5.82 Å². The molecule has 0 spiro atoms. The molecule has 112 valence electrons. The van der Waals surface area contributed by atoms with Crippen molar-refractivity contribution in [3.05, 3.63) is 77.9 Å². The van der Waals surface area contributed by atoms with Crippen LogP contribution < -0.4 is 0 Å².